The third-order valence-electron chi connectivity index (χ3n) is 4.35. The molecule has 0 aliphatic heterocycles. The molecule has 1 atom stereocenters. The number of methoxy groups -OCH3 is 1. The van der Waals surface area contributed by atoms with Crippen molar-refractivity contribution in [2.75, 3.05) is 13.7 Å². The summed E-state index contributed by atoms with van der Waals surface area (Å²) in [5, 5.41) is 0. The van der Waals surface area contributed by atoms with Crippen LogP contribution in [-0.2, 0) is 16.6 Å². The molecular formula is C18H26N2O4. The highest BCUT2D eigenvalue weighted by Gasteiger charge is 2.31. The number of nitrogens with zero attached hydrogens (tertiary/aromatic N) is 2. The first kappa shape index (κ1) is 19.7. The summed E-state index contributed by atoms with van der Waals surface area (Å²) in [6.07, 6.45) is 1.91. The molecule has 132 valence electrons. The highest BCUT2D eigenvalue weighted by Crippen LogP contribution is 2.24. The van der Waals surface area contributed by atoms with Gasteiger partial charge in [-0.25, -0.2) is 4.79 Å². The van der Waals surface area contributed by atoms with Gasteiger partial charge < -0.3 is 14.2 Å². The van der Waals surface area contributed by atoms with E-state index in [0.717, 1.165) is 0 Å². The Hall–Kier alpha value is -2.37. The van der Waals surface area contributed by atoms with E-state index in [-0.39, 0.29) is 11.7 Å². The lowest BCUT2D eigenvalue weighted by molar-refractivity contribution is -0.131. The van der Waals surface area contributed by atoms with Crippen LogP contribution in [-0.4, -0.2) is 46.8 Å². The van der Waals surface area contributed by atoms with Crippen LogP contribution in [0.15, 0.2) is 12.7 Å². The fourth-order valence-corrected chi connectivity index (χ4v) is 2.90. The van der Waals surface area contributed by atoms with Gasteiger partial charge in [0.05, 0.1) is 13.2 Å². The first-order valence-electron chi connectivity index (χ1n) is 7.91. The minimum absolute atomic E-state index is 0.116. The van der Waals surface area contributed by atoms with Crippen LogP contribution in [0.4, 0.5) is 0 Å². The van der Waals surface area contributed by atoms with Crippen LogP contribution in [0.3, 0.4) is 0 Å². The Balaban J connectivity index is 3.35. The van der Waals surface area contributed by atoms with Gasteiger partial charge in [-0.15, -0.1) is 6.58 Å². The van der Waals surface area contributed by atoms with Gasteiger partial charge in [0.25, 0.3) is 0 Å². The molecule has 1 heterocycles. The minimum Gasteiger partial charge on any atom is -0.464 e. The number of rotatable bonds is 7. The van der Waals surface area contributed by atoms with E-state index in [1.54, 1.807) is 45.4 Å². The highest BCUT2D eigenvalue weighted by molar-refractivity contribution is 6.06. The molecule has 1 rings (SSSR count). The number of hydrogen-bond donors (Lipinski definition) is 0. The van der Waals surface area contributed by atoms with Crippen molar-refractivity contribution in [2.45, 2.75) is 40.2 Å². The standard InChI is InChI=1S/C18H26N2O4/c1-8-10-20(14(21)9-2)13(5)17(22)15-11(3)16(18(23)24-7)19(6)12(15)4/h8,13H,1,9-10H2,2-7H3. The van der Waals surface area contributed by atoms with E-state index < -0.39 is 12.0 Å². The molecule has 0 aromatic carbocycles. The highest BCUT2D eigenvalue weighted by atomic mass is 16.5. The number of ketones is 1. The van der Waals surface area contributed by atoms with Gasteiger partial charge in [-0.05, 0) is 26.3 Å². The van der Waals surface area contributed by atoms with Gasteiger partial charge in [-0.1, -0.05) is 13.0 Å². The van der Waals surface area contributed by atoms with Gasteiger partial charge in [0, 0.05) is 31.3 Å². The maximum atomic E-state index is 13.0. The topological polar surface area (TPSA) is 68.6 Å². The lowest BCUT2D eigenvalue weighted by atomic mass is 9.99. The normalized spacial score (nSPS) is 11.8. The van der Waals surface area contributed by atoms with Crippen LogP contribution in [0.25, 0.3) is 0 Å². The van der Waals surface area contributed by atoms with Crippen molar-refractivity contribution in [2.24, 2.45) is 7.05 Å². The Kier molecular flexibility index (Phi) is 6.51. The first-order valence-corrected chi connectivity index (χ1v) is 7.91. The van der Waals surface area contributed by atoms with Gasteiger partial charge >= 0.3 is 5.97 Å². The third kappa shape index (κ3) is 3.42. The van der Waals surface area contributed by atoms with Crippen molar-refractivity contribution >= 4 is 17.7 Å². The third-order valence-corrected chi connectivity index (χ3v) is 4.35. The van der Waals surface area contributed by atoms with Crippen molar-refractivity contribution in [1.29, 1.82) is 0 Å². The van der Waals surface area contributed by atoms with Crippen LogP contribution < -0.4 is 0 Å². The summed E-state index contributed by atoms with van der Waals surface area (Å²) < 4.78 is 6.45. The molecule has 0 fully saturated rings. The smallest absolute Gasteiger partial charge is 0.354 e. The molecule has 0 saturated carbocycles. The van der Waals surface area contributed by atoms with E-state index in [4.69, 9.17) is 4.74 Å². The van der Waals surface area contributed by atoms with Gasteiger partial charge in [0.1, 0.15) is 5.69 Å². The Bertz CT molecular complexity index is 673. The molecule has 1 amide bonds. The Labute approximate surface area is 143 Å². The second-order valence-corrected chi connectivity index (χ2v) is 5.71. The van der Waals surface area contributed by atoms with Crippen molar-refractivity contribution in [3.8, 4) is 0 Å². The molecular weight excluding hydrogens is 308 g/mol. The second-order valence-electron chi connectivity index (χ2n) is 5.71. The van der Waals surface area contributed by atoms with Crippen molar-refractivity contribution < 1.29 is 19.1 Å². The van der Waals surface area contributed by atoms with Crippen LogP contribution in [0, 0.1) is 13.8 Å². The van der Waals surface area contributed by atoms with Crippen LogP contribution in [0.5, 0.6) is 0 Å². The minimum atomic E-state index is -0.638. The molecule has 1 unspecified atom stereocenters. The molecule has 0 bridgehead atoms. The summed E-state index contributed by atoms with van der Waals surface area (Å²) in [7, 11) is 3.02. The van der Waals surface area contributed by atoms with E-state index >= 15 is 0 Å². The number of amides is 1. The van der Waals surface area contributed by atoms with E-state index in [2.05, 4.69) is 6.58 Å². The zero-order valence-electron chi connectivity index (χ0n) is 15.3. The van der Waals surface area contributed by atoms with E-state index in [0.29, 0.717) is 35.5 Å². The predicted octanol–water partition coefficient (Wildman–Crippen LogP) is 2.42. The van der Waals surface area contributed by atoms with Crippen molar-refractivity contribution in [1.82, 2.24) is 9.47 Å². The number of carbonyl (C=O) groups excluding carboxylic acids is 3. The molecule has 0 aliphatic carbocycles. The number of Topliss-reactive ketones (excluding diaryl/α,β-unsaturated/α-hetero) is 1. The predicted molar refractivity (Wildman–Crippen MR) is 92.2 cm³/mol. The Morgan fingerprint density at radius 3 is 2.38 bits per heavy atom. The zero-order chi connectivity index (χ0) is 18.6. The number of ether oxygens (including phenoxy) is 1. The van der Waals surface area contributed by atoms with Crippen LogP contribution in [0.2, 0.25) is 0 Å². The van der Waals surface area contributed by atoms with Crippen LogP contribution >= 0.6 is 0 Å². The maximum absolute atomic E-state index is 13.0. The number of aromatic nitrogens is 1. The lowest BCUT2D eigenvalue weighted by Gasteiger charge is -2.27. The summed E-state index contributed by atoms with van der Waals surface area (Å²) in [5.41, 5.74) is 2.06. The monoisotopic (exact) mass is 334 g/mol. The fourth-order valence-electron chi connectivity index (χ4n) is 2.90. The van der Waals surface area contributed by atoms with Crippen molar-refractivity contribution in [3.63, 3.8) is 0 Å². The Morgan fingerprint density at radius 1 is 1.33 bits per heavy atom. The summed E-state index contributed by atoms with van der Waals surface area (Å²) >= 11 is 0. The lowest BCUT2D eigenvalue weighted by Crippen LogP contribution is -2.43. The molecule has 6 nitrogen and oxygen atoms in total. The maximum Gasteiger partial charge on any atom is 0.354 e. The SMILES string of the molecule is C=CCN(C(=O)CC)C(C)C(=O)c1c(C)c(C(=O)OC)n(C)c1C. The number of carbonyl (C=O) groups is 3. The molecule has 0 aliphatic rings. The molecule has 24 heavy (non-hydrogen) atoms. The average molecular weight is 334 g/mol. The molecule has 1 aromatic rings. The second kappa shape index (κ2) is 7.95. The zero-order valence-corrected chi connectivity index (χ0v) is 15.3. The van der Waals surface area contributed by atoms with Crippen LogP contribution in [0.1, 0.15) is 52.4 Å². The molecule has 0 spiro atoms. The average Bonchev–Trinajstić information content (AvgIpc) is 2.79. The van der Waals surface area contributed by atoms with Gasteiger partial charge in [-0.2, -0.15) is 0 Å². The van der Waals surface area contributed by atoms with E-state index in [1.807, 2.05) is 0 Å². The molecule has 1 aromatic heterocycles. The van der Waals surface area contributed by atoms with Gasteiger partial charge in [-0.3, -0.25) is 9.59 Å². The summed E-state index contributed by atoms with van der Waals surface area (Å²) in [6.45, 7) is 10.9. The fraction of sp³-hybridized carbons (Fsp3) is 0.500. The number of esters is 1. The summed E-state index contributed by atoms with van der Waals surface area (Å²) in [6, 6.07) is -0.638. The van der Waals surface area contributed by atoms with E-state index in [1.165, 1.54) is 12.0 Å². The molecule has 6 heteroatoms. The quantitative estimate of drug-likeness (QED) is 0.436. The van der Waals surface area contributed by atoms with Gasteiger partial charge in [0.15, 0.2) is 5.78 Å². The first-order chi connectivity index (χ1) is 11.2. The summed E-state index contributed by atoms with van der Waals surface area (Å²) in [4.78, 5) is 38.6. The van der Waals surface area contributed by atoms with Crippen molar-refractivity contribution in [3.05, 3.63) is 35.2 Å². The van der Waals surface area contributed by atoms with Gasteiger partial charge in [0.2, 0.25) is 5.91 Å². The van der Waals surface area contributed by atoms with E-state index in [9.17, 15) is 14.4 Å². The largest absolute Gasteiger partial charge is 0.464 e. The number of hydrogen-bond acceptors (Lipinski definition) is 4. The summed E-state index contributed by atoms with van der Waals surface area (Å²) in [5.74, 6) is -0.799. The molecule has 0 saturated heterocycles. The molecule has 0 N–H and O–H groups in total. The molecule has 0 radical (unpaired) electrons. The Morgan fingerprint density at radius 2 is 1.92 bits per heavy atom.